The average Bonchev–Trinajstić information content (AvgIpc) is 3.21. The minimum absolute atomic E-state index is 0.245. The van der Waals surface area contributed by atoms with Crippen LogP contribution in [0.2, 0.25) is 0 Å². The Labute approximate surface area is 183 Å². The third-order valence-corrected chi connectivity index (χ3v) is 4.74. The molecule has 0 saturated carbocycles. The Hall–Kier alpha value is -3.53. The monoisotopic (exact) mass is 445 g/mol. The normalized spacial score (nSPS) is 12.2. The molecule has 2 aromatic heterocycles. The van der Waals surface area contributed by atoms with Gasteiger partial charge in [0.1, 0.15) is 12.8 Å². The molecule has 0 atom stereocenters. The van der Waals surface area contributed by atoms with Gasteiger partial charge in [-0.1, -0.05) is 17.3 Å². The second kappa shape index (κ2) is 10.2. The van der Waals surface area contributed by atoms with Crippen molar-refractivity contribution >= 4 is 12.0 Å². The topological polar surface area (TPSA) is 72.6 Å². The largest absolute Gasteiger partial charge is 0.416 e. The van der Waals surface area contributed by atoms with E-state index in [0.717, 1.165) is 24.1 Å². The summed E-state index contributed by atoms with van der Waals surface area (Å²) in [5.74, 6) is 0. The molecular weight excluding hydrogens is 423 g/mol. The van der Waals surface area contributed by atoms with Crippen molar-refractivity contribution in [1.29, 1.82) is 0 Å². The third kappa shape index (κ3) is 5.79. The van der Waals surface area contributed by atoms with Gasteiger partial charge in [-0.2, -0.15) is 18.3 Å². The fourth-order valence-corrected chi connectivity index (χ4v) is 3.13. The standard InChI is InChI=1S/C22H22F3N5O2/c1-29(14-21(28-32-2)16-5-3-6-18(11-16)22(23,24)25)10-8-20-17(15-31)13-30(27-20)19-7-4-9-26-12-19/h3-7,9,11-13,15H,8,10,14H2,1-2H3/b28-21-. The lowest BCUT2D eigenvalue weighted by Crippen LogP contribution is -2.29. The van der Waals surface area contributed by atoms with Gasteiger partial charge >= 0.3 is 6.18 Å². The first-order valence-corrected chi connectivity index (χ1v) is 9.72. The van der Waals surface area contributed by atoms with Crippen LogP contribution in [-0.2, 0) is 17.4 Å². The molecule has 0 radical (unpaired) electrons. The van der Waals surface area contributed by atoms with E-state index in [1.807, 2.05) is 11.0 Å². The van der Waals surface area contributed by atoms with Gasteiger partial charge in [-0.3, -0.25) is 9.78 Å². The van der Waals surface area contributed by atoms with Gasteiger partial charge in [0.2, 0.25) is 0 Å². The zero-order valence-electron chi connectivity index (χ0n) is 17.6. The van der Waals surface area contributed by atoms with E-state index in [1.54, 1.807) is 42.5 Å². The number of hydrogen-bond acceptors (Lipinski definition) is 6. The van der Waals surface area contributed by atoms with Crippen molar-refractivity contribution in [2.24, 2.45) is 5.16 Å². The summed E-state index contributed by atoms with van der Waals surface area (Å²) in [6.07, 6.45) is 1.68. The van der Waals surface area contributed by atoms with Crippen LogP contribution in [0, 0.1) is 0 Å². The van der Waals surface area contributed by atoms with Gasteiger partial charge in [-0.05, 0) is 31.3 Å². The number of carbonyl (C=O) groups is 1. The number of aromatic nitrogens is 3. The summed E-state index contributed by atoms with van der Waals surface area (Å²) in [6, 6.07) is 8.55. The maximum atomic E-state index is 13.1. The number of nitrogens with zero attached hydrogens (tertiary/aromatic N) is 5. The lowest BCUT2D eigenvalue weighted by molar-refractivity contribution is -0.137. The lowest BCUT2D eigenvalue weighted by atomic mass is 10.1. The molecule has 0 spiro atoms. The molecule has 3 aromatic rings. The molecule has 0 amide bonds. The Morgan fingerprint density at radius 1 is 1.28 bits per heavy atom. The zero-order chi connectivity index (χ0) is 23.1. The quantitative estimate of drug-likeness (QED) is 0.286. The highest BCUT2D eigenvalue weighted by atomic mass is 19.4. The SMILES string of the molecule is CO/N=C(/CN(C)CCc1nn(-c2cccnc2)cc1C=O)c1cccc(C(F)(F)F)c1. The summed E-state index contributed by atoms with van der Waals surface area (Å²) in [4.78, 5) is 22.2. The minimum Gasteiger partial charge on any atom is -0.399 e. The van der Waals surface area contributed by atoms with Crippen molar-refractivity contribution in [2.75, 3.05) is 27.2 Å². The summed E-state index contributed by atoms with van der Waals surface area (Å²) in [7, 11) is 3.15. The maximum absolute atomic E-state index is 13.1. The highest BCUT2D eigenvalue weighted by Gasteiger charge is 2.30. The molecule has 1 aromatic carbocycles. The van der Waals surface area contributed by atoms with Crippen molar-refractivity contribution in [3.8, 4) is 5.69 Å². The first-order chi connectivity index (χ1) is 15.3. The number of benzene rings is 1. The van der Waals surface area contributed by atoms with E-state index in [2.05, 4.69) is 15.2 Å². The number of carbonyl (C=O) groups excluding carboxylic acids is 1. The number of pyridine rings is 1. The van der Waals surface area contributed by atoms with Crippen LogP contribution in [0.4, 0.5) is 13.2 Å². The highest BCUT2D eigenvalue weighted by Crippen LogP contribution is 2.29. The number of halogens is 3. The first kappa shape index (κ1) is 23.1. The summed E-state index contributed by atoms with van der Waals surface area (Å²) in [5.41, 5.74) is 1.73. The van der Waals surface area contributed by atoms with Crippen molar-refractivity contribution in [1.82, 2.24) is 19.7 Å². The van der Waals surface area contributed by atoms with E-state index in [9.17, 15) is 18.0 Å². The van der Waals surface area contributed by atoms with Crippen LogP contribution in [0.3, 0.4) is 0 Å². The maximum Gasteiger partial charge on any atom is 0.416 e. The Morgan fingerprint density at radius 2 is 2.09 bits per heavy atom. The highest BCUT2D eigenvalue weighted by molar-refractivity contribution is 6.01. The van der Waals surface area contributed by atoms with E-state index in [-0.39, 0.29) is 6.54 Å². The number of aldehydes is 1. The lowest BCUT2D eigenvalue weighted by Gasteiger charge is -2.18. The van der Waals surface area contributed by atoms with Crippen LogP contribution < -0.4 is 0 Å². The Balaban J connectivity index is 1.71. The van der Waals surface area contributed by atoms with E-state index in [0.29, 0.717) is 35.5 Å². The molecule has 0 aliphatic heterocycles. The molecule has 10 heteroatoms. The molecule has 168 valence electrons. The predicted molar refractivity (Wildman–Crippen MR) is 113 cm³/mol. The van der Waals surface area contributed by atoms with E-state index < -0.39 is 11.7 Å². The van der Waals surface area contributed by atoms with Crippen LogP contribution >= 0.6 is 0 Å². The molecule has 0 unspecified atom stereocenters. The molecule has 0 aliphatic rings. The molecule has 2 heterocycles. The van der Waals surface area contributed by atoms with Gasteiger partial charge in [0.05, 0.1) is 28.7 Å². The molecule has 7 nitrogen and oxygen atoms in total. The smallest absolute Gasteiger partial charge is 0.399 e. The van der Waals surface area contributed by atoms with Crippen molar-refractivity contribution in [2.45, 2.75) is 12.6 Å². The van der Waals surface area contributed by atoms with Gasteiger partial charge < -0.3 is 9.74 Å². The summed E-state index contributed by atoms with van der Waals surface area (Å²) in [5, 5.41) is 8.39. The third-order valence-electron chi connectivity index (χ3n) is 4.74. The number of rotatable bonds is 9. The van der Waals surface area contributed by atoms with E-state index in [1.165, 1.54) is 13.2 Å². The summed E-state index contributed by atoms with van der Waals surface area (Å²) >= 11 is 0. The molecule has 0 bridgehead atoms. The van der Waals surface area contributed by atoms with Gasteiger partial charge in [0, 0.05) is 37.5 Å². The number of oxime groups is 1. The van der Waals surface area contributed by atoms with E-state index in [4.69, 9.17) is 4.84 Å². The second-order valence-electron chi connectivity index (χ2n) is 7.09. The van der Waals surface area contributed by atoms with Gasteiger partial charge in [0.15, 0.2) is 6.29 Å². The fraction of sp³-hybridized carbons (Fsp3) is 0.273. The second-order valence-corrected chi connectivity index (χ2v) is 7.09. The van der Waals surface area contributed by atoms with Crippen LogP contribution in [0.15, 0.2) is 60.1 Å². The van der Waals surface area contributed by atoms with Gasteiger partial charge in [-0.25, -0.2) is 4.68 Å². The number of likely N-dealkylation sites (N-methyl/N-ethyl adjacent to an activating group) is 1. The summed E-state index contributed by atoms with van der Waals surface area (Å²) in [6.45, 7) is 0.738. The fourth-order valence-electron chi connectivity index (χ4n) is 3.13. The van der Waals surface area contributed by atoms with Crippen LogP contribution in [0.1, 0.15) is 27.2 Å². The average molecular weight is 445 g/mol. The molecule has 3 rings (SSSR count). The van der Waals surface area contributed by atoms with Crippen molar-refractivity contribution < 1.29 is 22.8 Å². The predicted octanol–water partition coefficient (Wildman–Crippen LogP) is 3.62. The van der Waals surface area contributed by atoms with Crippen molar-refractivity contribution in [3.63, 3.8) is 0 Å². The van der Waals surface area contributed by atoms with Gasteiger partial charge in [-0.15, -0.1) is 0 Å². The molecule has 0 N–H and O–H groups in total. The van der Waals surface area contributed by atoms with Crippen LogP contribution in [0.5, 0.6) is 0 Å². The number of alkyl halides is 3. The van der Waals surface area contributed by atoms with Gasteiger partial charge in [0.25, 0.3) is 0 Å². The molecule has 32 heavy (non-hydrogen) atoms. The molecular formula is C22H22F3N5O2. The molecule has 0 saturated heterocycles. The van der Waals surface area contributed by atoms with Crippen LogP contribution in [0.25, 0.3) is 5.69 Å². The summed E-state index contributed by atoms with van der Waals surface area (Å²) < 4.78 is 40.8. The number of hydrogen-bond donors (Lipinski definition) is 0. The molecule has 0 aliphatic carbocycles. The van der Waals surface area contributed by atoms with E-state index >= 15 is 0 Å². The van der Waals surface area contributed by atoms with Crippen LogP contribution in [-0.4, -0.2) is 58.9 Å². The molecule has 0 fully saturated rings. The Morgan fingerprint density at radius 3 is 2.75 bits per heavy atom. The first-order valence-electron chi connectivity index (χ1n) is 9.72. The van der Waals surface area contributed by atoms with Crippen molar-refractivity contribution in [3.05, 3.63) is 77.4 Å². The zero-order valence-corrected chi connectivity index (χ0v) is 17.6. The Kier molecular flexibility index (Phi) is 7.37. The Bertz CT molecular complexity index is 1080. The minimum atomic E-state index is -4.45.